The van der Waals surface area contributed by atoms with Gasteiger partial charge in [-0.05, 0) is 12.1 Å². The summed E-state index contributed by atoms with van der Waals surface area (Å²) in [5, 5.41) is 2.37. The molecule has 1 aromatic rings. The molecule has 0 atom stereocenters. The van der Waals surface area contributed by atoms with Crippen LogP contribution in [0.15, 0.2) is 29.2 Å². The van der Waals surface area contributed by atoms with E-state index in [4.69, 9.17) is 0 Å². The van der Waals surface area contributed by atoms with Crippen LogP contribution in [0.5, 0.6) is 0 Å². The van der Waals surface area contributed by atoms with Crippen molar-refractivity contribution in [1.29, 1.82) is 0 Å². The first-order valence-corrected chi connectivity index (χ1v) is 5.83. The van der Waals surface area contributed by atoms with Crippen LogP contribution >= 0.6 is 11.8 Å². The molecule has 0 unspecified atom stereocenters. The van der Waals surface area contributed by atoms with Gasteiger partial charge in [0.15, 0.2) is 0 Å². The van der Waals surface area contributed by atoms with E-state index in [2.05, 4.69) is 10.1 Å². The van der Waals surface area contributed by atoms with Gasteiger partial charge >= 0.3 is 5.97 Å². The molecule has 6 heteroatoms. The molecule has 17 heavy (non-hydrogen) atoms. The number of esters is 1. The van der Waals surface area contributed by atoms with E-state index in [0.29, 0.717) is 4.90 Å². The molecule has 0 saturated carbocycles. The Morgan fingerprint density at radius 3 is 2.76 bits per heavy atom. The van der Waals surface area contributed by atoms with Gasteiger partial charge in [-0.3, -0.25) is 9.59 Å². The quantitative estimate of drug-likeness (QED) is 0.636. The monoisotopic (exact) mass is 257 g/mol. The Hall–Kier alpha value is -1.56. The predicted octanol–water partition coefficient (Wildman–Crippen LogP) is 1.21. The van der Waals surface area contributed by atoms with E-state index in [9.17, 15) is 14.0 Å². The Labute approximate surface area is 103 Å². The lowest BCUT2D eigenvalue weighted by Crippen LogP contribution is -2.31. The van der Waals surface area contributed by atoms with Gasteiger partial charge in [0.05, 0.1) is 12.9 Å². The number of amides is 1. The fourth-order valence-corrected chi connectivity index (χ4v) is 1.77. The van der Waals surface area contributed by atoms with E-state index in [1.807, 2.05) is 0 Å². The van der Waals surface area contributed by atoms with Crippen molar-refractivity contribution in [2.75, 3.05) is 19.4 Å². The van der Waals surface area contributed by atoms with Gasteiger partial charge < -0.3 is 10.1 Å². The van der Waals surface area contributed by atoms with Crippen LogP contribution in [-0.2, 0) is 14.3 Å². The van der Waals surface area contributed by atoms with Crippen LogP contribution in [-0.4, -0.2) is 31.3 Å². The van der Waals surface area contributed by atoms with Gasteiger partial charge in [0.1, 0.15) is 12.4 Å². The summed E-state index contributed by atoms with van der Waals surface area (Å²) < 4.78 is 17.5. The Kier molecular flexibility index (Phi) is 5.48. The second-order valence-corrected chi connectivity index (χ2v) is 4.09. The van der Waals surface area contributed by atoms with Gasteiger partial charge in [-0.15, -0.1) is 11.8 Å². The first kappa shape index (κ1) is 13.5. The molecular formula is C11H12FNO3S. The molecule has 0 spiro atoms. The second-order valence-electron chi connectivity index (χ2n) is 3.07. The molecule has 1 amide bonds. The smallest absolute Gasteiger partial charge is 0.325 e. The Morgan fingerprint density at radius 1 is 1.41 bits per heavy atom. The number of hydrogen-bond acceptors (Lipinski definition) is 4. The van der Waals surface area contributed by atoms with Crippen molar-refractivity contribution in [3.63, 3.8) is 0 Å². The van der Waals surface area contributed by atoms with E-state index in [1.54, 1.807) is 18.2 Å². The minimum atomic E-state index is -0.519. The van der Waals surface area contributed by atoms with Crippen LogP contribution < -0.4 is 5.32 Å². The molecule has 0 fully saturated rings. The maximum atomic E-state index is 13.2. The van der Waals surface area contributed by atoms with Gasteiger partial charge in [-0.1, -0.05) is 12.1 Å². The topological polar surface area (TPSA) is 55.4 Å². The van der Waals surface area contributed by atoms with Crippen LogP contribution in [0.3, 0.4) is 0 Å². The number of methoxy groups -OCH3 is 1. The summed E-state index contributed by atoms with van der Waals surface area (Å²) in [6, 6.07) is 6.19. The van der Waals surface area contributed by atoms with Crippen molar-refractivity contribution in [2.24, 2.45) is 0 Å². The highest BCUT2D eigenvalue weighted by Gasteiger charge is 2.07. The van der Waals surface area contributed by atoms with E-state index in [-0.39, 0.29) is 24.0 Å². The number of ether oxygens (including phenoxy) is 1. The summed E-state index contributed by atoms with van der Waals surface area (Å²) in [5.41, 5.74) is 0. The van der Waals surface area contributed by atoms with Crippen molar-refractivity contribution >= 4 is 23.6 Å². The first-order valence-electron chi connectivity index (χ1n) is 4.84. The van der Waals surface area contributed by atoms with E-state index in [0.717, 1.165) is 11.8 Å². The molecule has 0 heterocycles. The van der Waals surface area contributed by atoms with Crippen molar-refractivity contribution in [3.05, 3.63) is 30.1 Å². The lowest BCUT2D eigenvalue weighted by Gasteiger charge is -2.04. The number of carbonyl (C=O) groups excluding carboxylic acids is 2. The number of halogens is 1. The molecule has 4 nitrogen and oxygen atoms in total. The number of hydrogen-bond donors (Lipinski definition) is 1. The van der Waals surface area contributed by atoms with Crippen LogP contribution in [0.4, 0.5) is 4.39 Å². The Balaban J connectivity index is 2.34. The molecule has 0 aliphatic heterocycles. The zero-order valence-electron chi connectivity index (χ0n) is 9.23. The Morgan fingerprint density at radius 2 is 2.12 bits per heavy atom. The first-order chi connectivity index (χ1) is 8.13. The summed E-state index contributed by atoms with van der Waals surface area (Å²) in [6.45, 7) is -0.173. The third-order valence-electron chi connectivity index (χ3n) is 1.85. The summed E-state index contributed by atoms with van der Waals surface area (Å²) in [6.07, 6.45) is 0. The molecule has 0 radical (unpaired) electrons. The minimum absolute atomic E-state index is 0.0535. The molecule has 1 aromatic carbocycles. The van der Waals surface area contributed by atoms with E-state index >= 15 is 0 Å². The van der Waals surface area contributed by atoms with Crippen molar-refractivity contribution in [2.45, 2.75) is 4.90 Å². The fourth-order valence-electron chi connectivity index (χ4n) is 0.999. The third kappa shape index (κ3) is 4.86. The molecule has 0 aromatic heterocycles. The molecule has 0 aliphatic rings. The van der Waals surface area contributed by atoms with Gasteiger partial charge in [0, 0.05) is 4.90 Å². The highest BCUT2D eigenvalue weighted by Crippen LogP contribution is 2.20. The normalized spacial score (nSPS) is 9.76. The molecule has 0 aliphatic carbocycles. The van der Waals surface area contributed by atoms with Gasteiger partial charge in [0.25, 0.3) is 0 Å². The molecule has 0 saturated heterocycles. The van der Waals surface area contributed by atoms with Crippen molar-refractivity contribution in [1.82, 2.24) is 5.32 Å². The number of rotatable bonds is 5. The molecule has 92 valence electrons. The number of benzene rings is 1. The van der Waals surface area contributed by atoms with Crippen LogP contribution in [0.1, 0.15) is 0 Å². The standard InChI is InChI=1S/C11H12FNO3S/c1-16-11(15)6-13-10(14)7-17-9-5-3-2-4-8(9)12/h2-5H,6-7H2,1H3,(H,13,14). The number of carbonyl (C=O) groups is 2. The molecule has 1 rings (SSSR count). The van der Waals surface area contributed by atoms with Gasteiger partial charge in [0.2, 0.25) is 5.91 Å². The van der Waals surface area contributed by atoms with Gasteiger partial charge in [-0.25, -0.2) is 4.39 Å². The van der Waals surface area contributed by atoms with E-state index in [1.165, 1.54) is 13.2 Å². The molecular weight excluding hydrogens is 245 g/mol. The number of thioether (sulfide) groups is 1. The van der Waals surface area contributed by atoms with Crippen molar-refractivity contribution < 1.29 is 18.7 Å². The lowest BCUT2D eigenvalue weighted by molar-refractivity contribution is -0.140. The van der Waals surface area contributed by atoms with Gasteiger partial charge in [-0.2, -0.15) is 0 Å². The predicted molar refractivity (Wildman–Crippen MR) is 62.1 cm³/mol. The Bertz CT molecular complexity index is 411. The third-order valence-corrected chi connectivity index (χ3v) is 2.90. The maximum absolute atomic E-state index is 13.2. The van der Waals surface area contributed by atoms with E-state index < -0.39 is 5.97 Å². The summed E-state index contributed by atoms with van der Waals surface area (Å²) in [7, 11) is 1.24. The van der Waals surface area contributed by atoms with Crippen molar-refractivity contribution in [3.8, 4) is 0 Å². The highest BCUT2D eigenvalue weighted by molar-refractivity contribution is 8.00. The zero-order chi connectivity index (χ0) is 12.7. The average molecular weight is 257 g/mol. The maximum Gasteiger partial charge on any atom is 0.325 e. The summed E-state index contributed by atoms with van der Waals surface area (Å²) in [4.78, 5) is 22.4. The van der Waals surface area contributed by atoms with Crippen LogP contribution in [0, 0.1) is 5.82 Å². The molecule has 1 N–H and O–H groups in total. The SMILES string of the molecule is COC(=O)CNC(=O)CSc1ccccc1F. The van der Waals surface area contributed by atoms with Crippen LogP contribution in [0.2, 0.25) is 0 Å². The minimum Gasteiger partial charge on any atom is -0.468 e. The fraction of sp³-hybridized carbons (Fsp3) is 0.273. The van der Waals surface area contributed by atoms with Crippen LogP contribution in [0.25, 0.3) is 0 Å². The summed E-state index contributed by atoms with van der Waals surface area (Å²) in [5.74, 6) is -1.17. The molecule has 0 bridgehead atoms. The largest absolute Gasteiger partial charge is 0.468 e. The lowest BCUT2D eigenvalue weighted by atomic mass is 10.3. The average Bonchev–Trinajstić information content (AvgIpc) is 2.35. The summed E-state index contributed by atoms with van der Waals surface area (Å²) >= 11 is 1.08. The number of nitrogens with one attached hydrogen (secondary N) is 1. The highest BCUT2D eigenvalue weighted by atomic mass is 32.2. The zero-order valence-corrected chi connectivity index (χ0v) is 10.1. The second kappa shape index (κ2) is 6.90.